The molecule has 0 unspecified atom stereocenters. The molecule has 1 N–H and O–H groups in total. The van der Waals surface area contributed by atoms with Gasteiger partial charge in [-0.3, -0.25) is 9.89 Å². The van der Waals surface area contributed by atoms with Crippen LogP contribution in [0, 0.1) is 6.92 Å². The Morgan fingerprint density at radius 2 is 1.93 bits per heavy atom. The van der Waals surface area contributed by atoms with Crippen molar-refractivity contribution >= 4 is 5.78 Å². The normalized spacial score (nSPS) is 10.3. The number of rotatable bonds is 2. The second-order valence-corrected chi connectivity index (χ2v) is 3.49. The number of hydrogen-bond donors (Lipinski definition) is 1. The van der Waals surface area contributed by atoms with Crippen molar-refractivity contribution in [3.8, 4) is 11.3 Å². The molecular weight excluding hydrogens is 188 g/mol. The van der Waals surface area contributed by atoms with Crippen LogP contribution in [0.1, 0.15) is 23.0 Å². The summed E-state index contributed by atoms with van der Waals surface area (Å²) in [5.41, 5.74) is 3.20. The Bertz CT molecular complexity index is 486. The Morgan fingerprint density at radius 3 is 2.53 bits per heavy atom. The van der Waals surface area contributed by atoms with E-state index in [0.29, 0.717) is 5.56 Å². The van der Waals surface area contributed by atoms with Gasteiger partial charge in [0.2, 0.25) is 0 Å². The van der Waals surface area contributed by atoms with Gasteiger partial charge in [0.1, 0.15) is 5.69 Å². The van der Waals surface area contributed by atoms with Gasteiger partial charge in [0, 0.05) is 11.3 Å². The zero-order valence-corrected chi connectivity index (χ0v) is 8.74. The fourth-order valence-corrected chi connectivity index (χ4v) is 1.66. The lowest BCUT2D eigenvalue weighted by Gasteiger charge is -1.99. The fourth-order valence-electron chi connectivity index (χ4n) is 1.66. The first-order chi connectivity index (χ1) is 7.20. The van der Waals surface area contributed by atoms with E-state index in [-0.39, 0.29) is 5.78 Å². The van der Waals surface area contributed by atoms with Gasteiger partial charge in [-0.05, 0) is 13.8 Å². The summed E-state index contributed by atoms with van der Waals surface area (Å²) >= 11 is 0. The van der Waals surface area contributed by atoms with E-state index < -0.39 is 0 Å². The van der Waals surface area contributed by atoms with E-state index in [1.54, 1.807) is 6.92 Å². The quantitative estimate of drug-likeness (QED) is 0.757. The highest BCUT2D eigenvalue weighted by atomic mass is 16.1. The van der Waals surface area contributed by atoms with Crippen molar-refractivity contribution in [2.45, 2.75) is 13.8 Å². The number of aromatic nitrogens is 2. The maximum Gasteiger partial charge on any atom is 0.163 e. The summed E-state index contributed by atoms with van der Waals surface area (Å²) in [4.78, 5) is 11.5. The monoisotopic (exact) mass is 200 g/mol. The van der Waals surface area contributed by atoms with Gasteiger partial charge >= 0.3 is 0 Å². The highest BCUT2D eigenvalue weighted by Gasteiger charge is 2.15. The van der Waals surface area contributed by atoms with Gasteiger partial charge in [-0.1, -0.05) is 30.3 Å². The molecule has 0 fully saturated rings. The lowest BCUT2D eigenvalue weighted by atomic mass is 10.0. The van der Waals surface area contributed by atoms with Crippen molar-refractivity contribution in [1.82, 2.24) is 10.2 Å². The minimum absolute atomic E-state index is 0.0418. The Hall–Kier alpha value is -1.90. The molecule has 2 rings (SSSR count). The van der Waals surface area contributed by atoms with Crippen LogP contribution in [0.3, 0.4) is 0 Å². The molecule has 1 heterocycles. The molecule has 0 aliphatic rings. The van der Waals surface area contributed by atoms with E-state index in [4.69, 9.17) is 0 Å². The van der Waals surface area contributed by atoms with E-state index >= 15 is 0 Å². The van der Waals surface area contributed by atoms with E-state index in [0.717, 1.165) is 17.0 Å². The van der Waals surface area contributed by atoms with E-state index in [1.165, 1.54) is 0 Å². The zero-order chi connectivity index (χ0) is 10.8. The van der Waals surface area contributed by atoms with Crippen molar-refractivity contribution < 1.29 is 4.79 Å². The summed E-state index contributed by atoms with van der Waals surface area (Å²) in [5, 5.41) is 7.01. The first-order valence-electron chi connectivity index (χ1n) is 4.81. The summed E-state index contributed by atoms with van der Waals surface area (Å²) in [6.45, 7) is 3.42. The highest BCUT2D eigenvalue weighted by molar-refractivity contribution is 6.00. The molecule has 0 atom stereocenters. The van der Waals surface area contributed by atoms with Crippen molar-refractivity contribution in [2.24, 2.45) is 0 Å². The van der Waals surface area contributed by atoms with Crippen LogP contribution in [0.15, 0.2) is 30.3 Å². The number of carbonyl (C=O) groups excluding carboxylic acids is 1. The molecule has 76 valence electrons. The lowest BCUT2D eigenvalue weighted by Crippen LogP contribution is -1.95. The third-order valence-corrected chi connectivity index (χ3v) is 2.35. The van der Waals surface area contributed by atoms with Gasteiger partial charge in [-0.25, -0.2) is 0 Å². The van der Waals surface area contributed by atoms with Gasteiger partial charge in [0.05, 0.1) is 5.56 Å². The molecule has 2 aromatic rings. The summed E-state index contributed by atoms with van der Waals surface area (Å²) in [6.07, 6.45) is 0. The molecule has 0 saturated carbocycles. The minimum atomic E-state index is 0.0418. The number of benzene rings is 1. The number of ketones is 1. The van der Waals surface area contributed by atoms with Crippen LogP contribution in [0.4, 0.5) is 0 Å². The maximum atomic E-state index is 11.5. The van der Waals surface area contributed by atoms with Crippen molar-refractivity contribution in [3.63, 3.8) is 0 Å². The van der Waals surface area contributed by atoms with E-state index in [9.17, 15) is 4.79 Å². The molecule has 0 amide bonds. The van der Waals surface area contributed by atoms with Crippen molar-refractivity contribution in [3.05, 3.63) is 41.6 Å². The number of nitrogens with zero attached hydrogens (tertiary/aromatic N) is 1. The molecule has 0 aliphatic carbocycles. The standard InChI is InChI=1S/C12H12N2O/c1-8-11(9(2)15)12(14-13-8)10-6-4-3-5-7-10/h3-7H,1-2H3,(H,13,14). The number of aryl methyl sites for hydroxylation is 1. The Morgan fingerprint density at radius 1 is 1.27 bits per heavy atom. The Balaban J connectivity index is 2.59. The van der Waals surface area contributed by atoms with Crippen LogP contribution in [-0.2, 0) is 0 Å². The first kappa shape index (κ1) is 9.65. The van der Waals surface area contributed by atoms with Gasteiger partial charge in [-0.2, -0.15) is 5.10 Å². The fraction of sp³-hybridized carbons (Fsp3) is 0.167. The topological polar surface area (TPSA) is 45.8 Å². The molecule has 1 aromatic heterocycles. The second-order valence-electron chi connectivity index (χ2n) is 3.49. The van der Waals surface area contributed by atoms with Gasteiger partial charge < -0.3 is 0 Å². The molecule has 3 heteroatoms. The molecule has 1 aromatic carbocycles. The van der Waals surface area contributed by atoms with Crippen LogP contribution in [-0.4, -0.2) is 16.0 Å². The molecule has 3 nitrogen and oxygen atoms in total. The minimum Gasteiger partial charge on any atom is -0.294 e. The van der Waals surface area contributed by atoms with E-state index in [2.05, 4.69) is 10.2 Å². The second kappa shape index (κ2) is 3.69. The predicted octanol–water partition coefficient (Wildman–Crippen LogP) is 2.59. The number of aromatic amines is 1. The third-order valence-electron chi connectivity index (χ3n) is 2.35. The molecule has 0 radical (unpaired) electrons. The SMILES string of the molecule is CC(=O)c1c(-c2ccccc2)n[nH]c1C. The number of nitrogens with one attached hydrogen (secondary N) is 1. The van der Waals surface area contributed by atoms with Crippen molar-refractivity contribution in [2.75, 3.05) is 0 Å². The van der Waals surface area contributed by atoms with Crippen LogP contribution < -0.4 is 0 Å². The summed E-state index contributed by atoms with van der Waals surface area (Å²) in [7, 11) is 0. The molecule has 0 saturated heterocycles. The van der Waals surface area contributed by atoms with Gasteiger partial charge in [-0.15, -0.1) is 0 Å². The number of carbonyl (C=O) groups is 1. The Kier molecular flexibility index (Phi) is 2.37. The zero-order valence-electron chi connectivity index (χ0n) is 8.74. The van der Waals surface area contributed by atoms with E-state index in [1.807, 2.05) is 37.3 Å². The molecule has 0 aliphatic heterocycles. The van der Waals surface area contributed by atoms with Crippen LogP contribution >= 0.6 is 0 Å². The van der Waals surface area contributed by atoms with Crippen LogP contribution in [0.25, 0.3) is 11.3 Å². The summed E-state index contributed by atoms with van der Waals surface area (Å²) in [6, 6.07) is 9.70. The smallest absolute Gasteiger partial charge is 0.163 e. The highest BCUT2D eigenvalue weighted by Crippen LogP contribution is 2.23. The average Bonchev–Trinajstić information content (AvgIpc) is 2.61. The van der Waals surface area contributed by atoms with Gasteiger partial charge in [0.25, 0.3) is 0 Å². The van der Waals surface area contributed by atoms with Crippen LogP contribution in [0.5, 0.6) is 0 Å². The molecular formula is C12H12N2O. The molecule has 15 heavy (non-hydrogen) atoms. The summed E-state index contributed by atoms with van der Waals surface area (Å²) < 4.78 is 0. The predicted molar refractivity (Wildman–Crippen MR) is 58.8 cm³/mol. The average molecular weight is 200 g/mol. The van der Waals surface area contributed by atoms with Crippen molar-refractivity contribution in [1.29, 1.82) is 0 Å². The largest absolute Gasteiger partial charge is 0.294 e. The summed E-state index contributed by atoms with van der Waals surface area (Å²) in [5.74, 6) is 0.0418. The maximum absolute atomic E-state index is 11.5. The third kappa shape index (κ3) is 1.68. The molecule has 0 bridgehead atoms. The van der Waals surface area contributed by atoms with Crippen LogP contribution in [0.2, 0.25) is 0 Å². The first-order valence-corrected chi connectivity index (χ1v) is 4.81. The Labute approximate surface area is 88.1 Å². The number of H-pyrrole nitrogens is 1. The number of Topliss-reactive ketones (excluding diaryl/α,β-unsaturated/α-hetero) is 1. The molecule has 0 spiro atoms. The lowest BCUT2D eigenvalue weighted by molar-refractivity contribution is 0.101. The van der Waals surface area contributed by atoms with Gasteiger partial charge in [0.15, 0.2) is 5.78 Å². The number of hydrogen-bond acceptors (Lipinski definition) is 2.